The van der Waals surface area contributed by atoms with Crippen molar-refractivity contribution in [2.45, 2.75) is 0 Å². The number of rotatable bonds is 5. The van der Waals surface area contributed by atoms with E-state index in [-0.39, 0.29) is 0 Å². The van der Waals surface area contributed by atoms with Gasteiger partial charge in [-0.1, -0.05) is 12.1 Å². The van der Waals surface area contributed by atoms with Gasteiger partial charge in [0, 0.05) is 24.0 Å². The van der Waals surface area contributed by atoms with Gasteiger partial charge in [0.2, 0.25) is 0 Å². The molecule has 9 nitrogen and oxygen atoms in total. The van der Waals surface area contributed by atoms with E-state index < -0.39 is 16.4 Å². The van der Waals surface area contributed by atoms with Crippen LogP contribution in [0.3, 0.4) is 0 Å². The summed E-state index contributed by atoms with van der Waals surface area (Å²) >= 11 is 0. The van der Waals surface area contributed by atoms with E-state index in [1.807, 2.05) is 6.07 Å². The van der Waals surface area contributed by atoms with E-state index in [4.69, 9.17) is 0 Å². The molecule has 0 saturated carbocycles. The van der Waals surface area contributed by atoms with Gasteiger partial charge in [-0.25, -0.2) is 9.98 Å². The number of phenolic OH excluding ortho intramolecular Hbond substituents is 1. The summed E-state index contributed by atoms with van der Waals surface area (Å²) in [6, 6.07) is 14.6. The normalized spacial score (nSPS) is 11.5. The fourth-order valence-electron chi connectivity index (χ4n) is 2.11. The molecule has 0 atom stereocenters. The maximum atomic E-state index is 10.9. The van der Waals surface area contributed by atoms with Crippen LogP contribution in [0.4, 0.5) is 11.5 Å². The molecule has 1 aromatic carbocycles. The molecule has 134 valence electrons. The van der Waals surface area contributed by atoms with Gasteiger partial charge in [0.05, 0.1) is 11.1 Å². The highest BCUT2D eigenvalue weighted by atomic mass is 16.6. The molecule has 27 heavy (non-hydrogen) atoms. The highest BCUT2D eigenvalue weighted by molar-refractivity contribution is 5.98. The molecule has 0 aliphatic heterocycles. The Balaban J connectivity index is 1.85. The van der Waals surface area contributed by atoms with E-state index in [0.29, 0.717) is 22.9 Å². The molecule has 0 fully saturated rings. The summed E-state index contributed by atoms with van der Waals surface area (Å²) in [6.07, 6.45) is 4.62. The van der Waals surface area contributed by atoms with Crippen molar-refractivity contribution >= 4 is 23.6 Å². The predicted molar refractivity (Wildman–Crippen MR) is 100 cm³/mol. The van der Waals surface area contributed by atoms with Crippen molar-refractivity contribution in [2.24, 2.45) is 10.1 Å². The van der Waals surface area contributed by atoms with E-state index in [0.717, 1.165) is 0 Å². The lowest BCUT2D eigenvalue weighted by molar-refractivity contribution is -0.385. The number of aromatic hydroxyl groups is 1. The Morgan fingerprint density at radius 1 is 1.11 bits per heavy atom. The summed E-state index contributed by atoms with van der Waals surface area (Å²) in [7, 11) is 0. The molecule has 0 amide bonds. The Morgan fingerprint density at radius 3 is 2.56 bits per heavy atom. The molecule has 3 rings (SSSR count). The zero-order valence-corrected chi connectivity index (χ0v) is 13.9. The van der Waals surface area contributed by atoms with Gasteiger partial charge >= 0.3 is 5.69 Å². The van der Waals surface area contributed by atoms with Crippen LogP contribution in [0.2, 0.25) is 0 Å². The van der Waals surface area contributed by atoms with Crippen LogP contribution in [0.15, 0.2) is 77.1 Å². The predicted octanol–water partition coefficient (Wildman–Crippen LogP) is 2.79. The quantitative estimate of drug-likeness (QED) is 0.311. The average Bonchev–Trinajstić information content (AvgIpc) is 2.69. The first kappa shape index (κ1) is 17.7. The van der Waals surface area contributed by atoms with Crippen molar-refractivity contribution in [1.82, 2.24) is 15.4 Å². The molecular formula is C18H14N6O3. The fraction of sp³-hybridized carbons (Fsp3) is 0. The summed E-state index contributed by atoms with van der Waals surface area (Å²) in [5, 5.41) is 24.5. The minimum atomic E-state index is -0.665. The molecule has 2 heterocycles. The summed E-state index contributed by atoms with van der Waals surface area (Å²) < 4.78 is 0. The van der Waals surface area contributed by atoms with Gasteiger partial charge in [0.25, 0.3) is 0 Å². The molecule has 0 aliphatic rings. The van der Waals surface area contributed by atoms with Crippen LogP contribution in [0.5, 0.6) is 5.75 Å². The van der Waals surface area contributed by atoms with Crippen molar-refractivity contribution in [3.8, 4) is 5.75 Å². The number of nitrogens with zero attached hydrogens (tertiary/aromatic N) is 5. The molecular weight excluding hydrogens is 348 g/mol. The number of nitro benzene ring substituents is 1. The third-order valence-corrected chi connectivity index (χ3v) is 3.36. The Kier molecular flexibility index (Phi) is 5.43. The van der Waals surface area contributed by atoms with Crippen molar-refractivity contribution in [2.75, 3.05) is 0 Å². The van der Waals surface area contributed by atoms with Crippen molar-refractivity contribution in [3.05, 3.63) is 88.4 Å². The Hall–Kier alpha value is -4.14. The van der Waals surface area contributed by atoms with Gasteiger partial charge in [-0.2, -0.15) is 5.10 Å². The number of aromatic nitrogens is 2. The van der Waals surface area contributed by atoms with Gasteiger partial charge < -0.3 is 5.11 Å². The monoisotopic (exact) mass is 362 g/mol. The fourth-order valence-corrected chi connectivity index (χ4v) is 2.11. The number of phenols is 1. The van der Waals surface area contributed by atoms with E-state index in [2.05, 4.69) is 25.5 Å². The smallest absolute Gasteiger partial charge is 0.311 e. The van der Waals surface area contributed by atoms with Crippen molar-refractivity contribution in [3.63, 3.8) is 0 Å². The van der Waals surface area contributed by atoms with Crippen LogP contribution >= 0.6 is 0 Å². The molecule has 9 heteroatoms. The minimum absolute atomic E-state index is 0.360. The third-order valence-electron chi connectivity index (χ3n) is 3.36. The average molecular weight is 362 g/mol. The molecule has 0 bridgehead atoms. The van der Waals surface area contributed by atoms with Crippen molar-refractivity contribution in [1.29, 1.82) is 0 Å². The molecule has 0 unspecified atom stereocenters. The van der Waals surface area contributed by atoms with Gasteiger partial charge in [0.1, 0.15) is 5.69 Å². The minimum Gasteiger partial charge on any atom is -0.502 e. The first-order valence-electron chi connectivity index (χ1n) is 7.81. The number of hydrogen-bond acceptors (Lipinski definition) is 7. The van der Waals surface area contributed by atoms with Crippen LogP contribution < -0.4 is 5.43 Å². The van der Waals surface area contributed by atoms with Crippen LogP contribution in [0, 0.1) is 10.1 Å². The van der Waals surface area contributed by atoms with Crippen molar-refractivity contribution < 1.29 is 10.0 Å². The molecule has 0 spiro atoms. The van der Waals surface area contributed by atoms with Crippen LogP contribution in [0.1, 0.15) is 11.3 Å². The highest BCUT2D eigenvalue weighted by Gasteiger charge is 2.12. The first-order chi connectivity index (χ1) is 13.1. The number of pyridine rings is 2. The SMILES string of the molecule is O=[N+]([O-])c1cc(C=NNC(=Nc2ccccn2)c2ccccn2)ccc1O. The topological polar surface area (TPSA) is 126 Å². The van der Waals surface area contributed by atoms with Gasteiger partial charge in [-0.05, 0) is 36.4 Å². The standard InChI is InChI=1S/C18H14N6O3/c25-16-8-7-13(11-15(16)24(26)27)12-21-23-18(14-5-1-3-9-19-14)22-17-6-2-4-10-20-17/h1-12,25H,(H,20,22,23). The lowest BCUT2D eigenvalue weighted by atomic mass is 10.2. The zero-order chi connectivity index (χ0) is 19.1. The molecule has 0 aliphatic carbocycles. The number of benzene rings is 1. The molecule has 3 aromatic rings. The van der Waals surface area contributed by atoms with E-state index >= 15 is 0 Å². The number of hydrogen-bond donors (Lipinski definition) is 2. The number of amidine groups is 1. The lowest BCUT2D eigenvalue weighted by Gasteiger charge is -2.05. The number of nitro groups is 1. The van der Waals surface area contributed by atoms with Crippen LogP contribution in [0.25, 0.3) is 0 Å². The van der Waals surface area contributed by atoms with E-state index in [1.165, 1.54) is 24.4 Å². The van der Waals surface area contributed by atoms with Crippen LogP contribution in [-0.4, -0.2) is 32.0 Å². The first-order valence-corrected chi connectivity index (χ1v) is 7.81. The second-order valence-corrected chi connectivity index (χ2v) is 5.24. The summed E-state index contributed by atoms with van der Waals surface area (Å²) in [4.78, 5) is 23.0. The second-order valence-electron chi connectivity index (χ2n) is 5.24. The summed E-state index contributed by atoms with van der Waals surface area (Å²) in [5.41, 5.74) is 3.37. The van der Waals surface area contributed by atoms with Crippen LogP contribution in [-0.2, 0) is 0 Å². The Labute approximate surface area is 153 Å². The largest absolute Gasteiger partial charge is 0.502 e. The Bertz CT molecular complexity index is 990. The zero-order valence-electron chi connectivity index (χ0n) is 13.9. The molecule has 0 radical (unpaired) electrons. The summed E-state index contributed by atoms with van der Waals surface area (Å²) in [5.74, 6) is 0.427. The molecule has 2 aromatic heterocycles. The van der Waals surface area contributed by atoms with Gasteiger partial charge in [-0.15, -0.1) is 0 Å². The number of aliphatic imine (C=N–C) groups is 1. The maximum absolute atomic E-state index is 10.9. The molecule has 2 N–H and O–H groups in total. The number of nitrogens with one attached hydrogen (secondary N) is 1. The Morgan fingerprint density at radius 2 is 1.89 bits per heavy atom. The third kappa shape index (κ3) is 4.69. The lowest BCUT2D eigenvalue weighted by Crippen LogP contribution is -2.20. The number of hydrazone groups is 1. The summed E-state index contributed by atoms with van der Waals surface area (Å²) in [6.45, 7) is 0. The van der Waals surface area contributed by atoms with E-state index in [9.17, 15) is 15.2 Å². The highest BCUT2D eigenvalue weighted by Crippen LogP contribution is 2.25. The van der Waals surface area contributed by atoms with Gasteiger partial charge in [-0.3, -0.25) is 20.5 Å². The maximum Gasteiger partial charge on any atom is 0.311 e. The van der Waals surface area contributed by atoms with Gasteiger partial charge in [0.15, 0.2) is 17.4 Å². The second kappa shape index (κ2) is 8.30. The van der Waals surface area contributed by atoms with E-state index in [1.54, 1.807) is 42.7 Å². The molecule has 0 saturated heterocycles.